The summed E-state index contributed by atoms with van der Waals surface area (Å²) >= 11 is 5.84. The second-order valence-electron chi connectivity index (χ2n) is 6.46. The summed E-state index contributed by atoms with van der Waals surface area (Å²) in [4.78, 5) is 11.9. The third-order valence-electron chi connectivity index (χ3n) is 3.75. The predicted octanol–water partition coefficient (Wildman–Crippen LogP) is 3.84. The van der Waals surface area contributed by atoms with E-state index in [9.17, 15) is 17.6 Å². The van der Waals surface area contributed by atoms with Crippen LogP contribution in [0.4, 0.5) is 10.1 Å². The molecule has 1 N–H and O–H groups in total. The van der Waals surface area contributed by atoms with Crippen molar-refractivity contribution in [2.45, 2.75) is 25.2 Å². The summed E-state index contributed by atoms with van der Waals surface area (Å²) in [5.41, 5.74) is 0.310. The molecule has 0 saturated heterocycles. The van der Waals surface area contributed by atoms with E-state index in [1.807, 2.05) is 13.8 Å². The lowest BCUT2D eigenvalue weighted by atomic mass is 10.1. The molecule has 2 rings (SSSR count). The summed E-state index contributed by atoms with van der Waals surface area (Å²) in [6.07, 6.45) is 0.362. The molecule has 0 unspecified atom stereocenters. The number of hydrogen-bond donors (Lipinski definition) is 1. The zero-order chi connectivity index (χ0) is 20.0. The van der Waals surface area contributed by atoms with Crippen molar-refractivity contribution in [2.75, 3.05) is 17.4 Å². The highest BCUT2D eigenvalue weighted by Crippen LogP contribution is 2.24. The summed E-state index contributed by atoms with van der Waals surface area (Å²) in [6, 6.07) is 11.0. The second-order valence-corrected chi connectivity index (χ2v) is 8.75. The van der Waals surface area contributed by atoms with Crippen molar-refractivity contribution in [1.82, 2.24) is 5.32 Å². The maximum atomic E-state index is 13.3. The molecule has 0 fully saturated rings. The van der Waals surface area contributed by atoms with Crippen LogP contribution in [0.2, 0.25) is 5.02 Å². The molecule has 0 aromatic heterocycles. The molecular formula is C19H22ClFN2O3S. The van der Waals surface area contributed by atoms with Crippen LogP contribution in [0, 0.1) is 11.7 Å². The number of nitrogens with zero attached hydrogens (tertiary/aromatic N) is 1. The van der Waals surface area contributed by atoms with Crippen LogP contribution in [0.3, 0.4) is 0 Å². The molecule has 1 amide bonds. The Kier molecular flexibility index (Phi) is 7.21. The van der Waals surface area contributed by atoms with Gasteiger partial charge >= 0.3 is 0 Å². The molecule has 27 heavy (non-hydrogen) atoms. The minimum absolute atomic E-state index is 0.0143. The number of carbonyl (C=O) groups is 1. The summed E-state index contributed by atoms with van der Waals surface area (Å²) in [5.74, 6) is -0.406. The Balaban J connectivity index is 2.25. The number of rotatable bonds is 8. The number of sulfonamides is 1. The SMILES string of the molecule is CC(C)CC(=O)NCCN(c1ccc(F)cc1)S(=O)(=O)c1ccc(Cl)cc1. The summed E-state index contributed by atoms with van der Waals surface area (Å²) in [6.45, 7) is 4.00. The van der Waals surface area contributed by atoms with Crippen molar-refractivity contribution in [3.63, 3.8) is 0 Å². The Morgan fingerprint density at radius 1 is 1.11 bits per heavy atom. The van der Waals surface area contributed by atoms with E-state index in [1.54, 1.807) is 0 Å². The van der Waals surface area contributed by atoms with Gasteiger partial charge in [0.2, 0.25) is 5.91 Å². The number of hydrogen-bond acceptors (Lipinski definition) is 3. The fourth-order valence-electron chi connectivity index (χ4n) is 2.47. The van der Waals surface area contributed by atoms with Gasteiger partial charge in [-0.1, -0.05) is 25.4 Å². The zero-order valence-corrected chi connectivity index (χ0v) is 16.7. The molecule has 2 aromatic rings. The maximum absolute atomic E-state index is 13.3. The topological polar surface area (TPSA) is 66.5 Å². The van der Waals surface area contributed by atoms with Gasteiger partial charge in [-0.25, -0.2) is 12.8 Å². The van der Waals surface area contributed by atoms with Gasteiger partial charge in [0, 0.05) is 18.0 Å². The average molecular weight is 413 g/mol. The Labute approximate surface area is 164 Å². The lowest BCUT2D eigenvalue weighted by Crippen LogP contribution is -2.39. The predicted molar refractivity (Wildman–Crippen MR) is 105 cm³/mol. The molecule has 0 heterocycles. The number of carbonyl (C=O) groups excluding carboxylic acids is 1. The maximum Gasteiger partial charge on any atom is 0.264 e. The fourth-order valence-corrected chi connectivity index (χ4v) is 4.06. The van der Waals surface area contributed by atoms with Gasteiger partial charge in [-0.15, -0.1) is 0 Å². The highest BCUT2D eigenvalue weighted by atomic mass is 35.5. The lowest BCUT2D eigenvalue weighted by molar-refractivity contribution is -0.121. The number of benzene rings is 2. The van der Waals surface area contributed by atoms with Gasteiger partial charge in [0.25, 0.3) is 10.0 Å². The normalized spacial score (nSPS) is 11.4. The third kappa shape index (κ3) is 5.94. The third-order valence-corrected chi connectivity index (χ3v) is 5.84. The molecule has 146 valence electrons. The first-order chi connectivity index (χ1) is 12.7. The molecule has 2 aromatic carbocycles. The standard InChI is InChI=1S/C19H22ClFN2O3S/c1-14(2)13-19(24)22-11-12-23(17-7-5-16(21)6-8-17)27(25,26)18-9-3-15(20)4-10-18/h3-10,14H,11-13H2,1-2H3,(H,22,24). The summed E-state index contributed by atoms with van der Waals surface area (Å²) in [5, 5.41) is 3.14. The molecule has 0 saturated carbocycles. The van der Waals surface area contributed by atoms with E-state index in [1.165, 1.54) is 48.5 Å². The first-order valence-corrected chi connectivity index (χ1v) is 10.3. The fraction of sp³-hybridized carbons (Fsp3) is 0.316. The number of halogens is 2. The largest absolute Gasteiger partial charge is 0.354 e. The molecular weight excluding hydrogens is 391 g/mol. The molecule has 0 atom stereocenters. The van der Waals surface area contributed by atoms with Gasteiger partial charge in [-0.3, -0.25) is 9.10 Å². The van der Waals surface area contributed by atoms with Crippen LogP contribution in [0.25, 0.3) is 0 Å². The van der Waals surface area contributed by atoms with Gasteiger partial charge in [0.1, 0.15) is 5.82 Å². The number of amides is 1. The Hall–Kier alpha value is -2.12. The van der Waals surface area contributed by atoms with E-state index in [2.05, 4.69) is 5.32 Å². The van der Waals surface area contributed by atoms with E-state index >= 15 is 0 Å². The van der Waals surface area contributed by atoms with E-state index in [4.69, 9.17) is 11.6 Å². The quantitative estimate of drug-likeness (QED) is 0.716. The highest BCUT2D eigenvalue weighted by Gasteiger charge is 2.25. The molecule has 8 heteroatoms. The minimum atomic E-state index is -3.90. The van der Waals surface area contributed by atoms with E-state index < -0.39 is 15.8 Å². The van der Waals surface area contributed by atoms with Crippen LogP contribution in [0.1, 0.15) is 20.3 Å². The highest BCUT2D eigenvalue weighted by molar-refractivity contribution is 7.92. The number of anilines is 1. The van der Waals surface area contributed by atoms with E-state index in [0.717, 1.165) is 4.31 Å². The van der Waals surface area contributed by atoms with Crippen molar-refractivity contribution in [3.8, 4) is 0 Å². The monoisotopic (exact) mass is 412 g/mol. The van der Waals surface area contributed by atoms with Gasteiger partial charge in [-0.05, 0) is 54.4 Å². The summed E-state index contributed by atoms with van der Waals surface area (Å²) in [7, 11) is -3.90. The zero-order valence-electron chi connectivity index (χ0n) is 15.2. The second kappa shape index (κ2) is 9.19. The van der Waals surface area contributed by atoms with Crippen LogP contribution >= 0.6 is 11.6 Å². The molecule has 0 spiro atoms. The lowest BCUT2D eigenvalue weighted by Gasteiger charge is -2.25. The van der Waals surface area contributed by atoms with Gasteiger partial charge in [0.05, 0.1) is 17.1 Å². The Bertz CT molecular complexity index is 869. The molecule has 0 radical (unpaired) electrons. The first-order valence-electron chi connectivity index (χ1n) is 8.50. The smallest absolute Gasteiger partial charge is 0.264 e. The summed E-state index contributed by atoms with van der Waals surface area (Å²) < 4.78 is 40.5. The molecule has 0 aliphatic rings. The van der Waals surface area contributed by atoms with Crippen molar-refractivity contribution >= 4 is 33.2 Å². The molecule has 0 bridgehead atoms. The molecule has 5 nitrogen and oxygen atoms in total. The van der Waals surface area contributed by atoms with Crippen molar-refractivity contribution in [1.29, 1.82) is 0 Å². The molecule has 0 aliphatic carbocycles. The van der Waals surface area contributed by atoms with Crippen LogP contribution in [0.5, 0.6) is 0 Å². The first kappa shape index (κ1) is 21.2. The van der Waals surface area contributed by atoms with Crippen molar-refractivity contribution < 1.29 is 17.6 Å². The van der Waals surface area contributed by atoms with Gasteiger partial charge in [0.15, 0.2) is 0 Å². The van der Waals surface area contributed by atoms with E-state index in [0.29, 0.717) is 17.1 Å². The van der Waals surface area contributed by atoms with Gasteiger partial charge in [-0.2, -0.15) is 0 Å². The molecule has 0 aliphatic heterocycles. The number of nitrogens with one attached hydrogen (secondary N) is 1. The Morgan fingerprint density at radius 2 is 1.70 bits per heavy atom. The van der Waals surface area contributed by atoms with E-state index in [-0.39, 0.29) is 29.8 Å². The van der Waals surface area contributed by atoms with Crippen LogP contribution in [-0.4, -0.2) is 27.4 Å². The van der Waals surface area contributed by atoms with Crippen LogP contribution in [0.15, 0.2) is 53.4 Å². The van der Waals surface area contributed by atoms with Gasteiger partial charge < -0.3 is 5.32 Å². The van der Waals surface area contributed by atoms with Crippen molar-refractivity contribution in [2.24, 2.45) is 5.92 Å². The Morgan fingerprint density at radius 3 is 2.26 bits per heavy atom. The minimum Gasteiger partial charge on any atom is -0.354 e. The average Bonchev–Trinajstić information content (AvgIpc) is 2.59. The van der Waals surface area contributed by atoms with Crippen LogP contribution in [-0.2, 0) is 14.8 Å². The van der Waals surface area contributed by atoms with Crippen LogP contribution < -0.4 is 9.62 Å². The van der Waals surface area contributed by atoms with Crippen molar-refractivity contribution in [3.05, 3.63) is 59.4 Å².